The van der Waals surface area contributed by atoms with Gasteiger partial charge in [-0.25, -0.2) is 0 Å². The van der Waals surface area contributed by atoms with Gasteiger partial charge in [0.05, 0.1) is 13.1 Å². The van der Waals surface area contributed by atoms with Gasteiger partial charge in [-0.1, -0.05) is 0 Å². The van der Waals surface area contributed by atoms with Crippen molar-refractivity contribution in [3.8, 4) is 0 Å². The molecule has 0 radical (unpaired) electrons. The maximum atomic E-state index is 3.25. The van der Waals surface area contributed by atoms with E-state index in [1.54, 1.807) is 0 Å². The van der Waals surface area contributed by atoms with E-state index in [0.29, 0.717) is 0 Å². The van der Waals surface area contributed by atoms with Crippen molar-refractivity contribution in [3.05, 3.63) is 0 Å². The number of nitrogens with one attached hydrogen (secondary N) is 1. The second-order valence-corrected chi connectivity index (χ2v) is 1.62. The van der Waals surface area contributed by atoms with E-state index in [4.69, 9.17) is 0 Å². The Labute approximate surface area is 62.2 Å². The average molecular weight is 158 g/mol. The van der Waals surface area contributed by atoms with Crippen molar-refractivity contribution in [3.63, 3.8) is 0 Å². The van der Waals surface area contributed by atoms with Crippen molar-refractivity contribution >= 4 is 0 Å². The fourth-order valence-corrected chi connectivity index (χ4v) is 0.678. The van der Waals surface area contributed by atoms with Crippen LogP contribution in [-0.2, 0) is 0 Å². The predicted molar refractivity (Wildman–Crippen MR) is 24.5 cm³/mol. The lowest BCUT2D eigenvalue weighted by molar-refractivity contribution is -0.657. The van der Waals surface area contributed by atoms with E-state index >= 15 is 0 Å². The second kappa shape index (κ2) is 7.50. The average Bonchev–Trinajstić information content (AvgIpc) is 1.72. The minimum absolute atomic E-state index is 0. The third-order valence-corrected chi connectivity index (χ3v) is 1.05. The van der Waals surface area contributed by atoms with Gasteiger partial charge in [0.2, 0.25) is 0 Å². The van der Waals surface area contributed by atoms with E-state index in [1.807, 2.05) is 0 Å². The third kappa shape index (κ3) is 4.65. The molecule has 0 aromatic rings. The highest BCUT2D eigenvalue weighted by molar-refractivity contribution is 4.44. The fourth-order valence-electron chi connectivity index (χ4n) is 0.678. The molecule has 0 spiro atoms. The van der Waals surface area contributed by atoms with E-state index in [9.17, 15) is 0 Å². The minimum atomic E-state index is 0. The molecule has 4 heteroatoms. The monoisotopic (exact) mass is 157 g/mol. The second-order valence-electron chi connectivity index (χ2n) is 1.62. The standard InChI is InChI=1S/C4H10N2.2ClH/c1-2-6-4-3-5-1;;/h5-6H,1-4H2;2*1H/p-1. The highest BCUT2D eigenvalue weighted by Crippen LogP contribution is 1.54. The van der Waals surface area contributed by atoms with Crippen molar-refractivity contribution in [2.45, 2.75) is 0 Å². The number of nitrogens with two attached hydrogens (primary N) is 1. The summed E-state index contributed by atoms with van der Waals surface area (Å²) < 4.78 is 0. The summed E-state index contributed by atoms with van der Waals surface area (Å²) in [5.74, 6) is 0. The molecule has 52 valence electrons. The van der Waals surface area contributed by atoms with Gasteiger partial charge in [0.15, 0.2) is 0 Å². The van der Waals surface area contributed by atoms with Gasteiger partial charge in [-0.3, -0.25) is 0 Å². The number of quaternary nitrogens is 1. The molecule has 1 fully saturated rings. The molecule has 1 rings (SSSR count). The fraction of sp³-hybridized carbons (Fsp3) is 1.00. The molecule has 2 nitrogen and oxygen atoms in total. The van der Waals surface area contributed by atoms with Crippen molar-refractivity contribution in [2.24, 2.45) is 0 Å². The van der Waals surface area contributed by atoms with Crippen LogP contribution in [0.5, 0.6) is 0 Å². The van der Waals surface area contributed by atoms with Gasteiger partial charge < -0.3 is 35.4 Å². The van der Waals surface area contributed by atoms with Gasteiger partial charge >= 0.3 is 0 Å². The first-order valence-corrected chi connectivity index (χ1v) is 2.52. The first kappa shape index (κ1) is 11.3. The normalized spacial score (nSPS) is 18.0. The van der Waals surface area contributed by atoms with Crippen LogP contribution in [0.25, 0.3) is 0 Å². The number of piperazine rings is 1. The highest BCUT2D eigenvalue weighted by Gasteiger charge is 1.95. The Hall–Kier alpha value is 0.500. The topological polar surface area (TPSA) is 28.6 Å². The maximum Gasteiger partial charge on any atom is 0.0882 e. The summed E-state index contributed by atoms with van der Waals surface area (Å²) in [4.78, 5) is 0. The maximum absolute atomic E-state index is 3.25. The smallest absolute Gasteiger partial charge is 0.0882 e. The van der Waals surface area contributed by atoms with Crippen LogP contribution in [0.3, 0.4) is 0 Å². The van der Waals surface area contributed by atoms with E-state index < -0.39 is 0 Å². The first-order valence-electron chi connectivity index (χ1n) is 2.52. The zero-order chi connectivity index (χ0) is 4.24. The minimum Gasteiger partial charge on any atom is -1.00 e. The third-order valence-electron chi connectivity index (χ3n) is 1.05. The molecule has 0 saturated carbocycles. The van der Waals surface area contributed by atoms with Crippen LogP contribution in [0, 0.1) is 0 Å². The molecular formula is C4H11Cl2N2-. The lowest BCUT2D eigenvalue weighted by Gasteiger charge is -2.07. The van der Waals surface area contributed by atoms with Crippen LogP contribution in [0.2, 0.25) is 0 Å². The molecule has 8 heavy (non-hydrogen) atoms. The summed E-state index contributed by atoms with van der Waals surface area (Å²) in [6.07, 6.45) is 0. The summed E-state index contributed by atoms with van der Waals surface area (Å²) >= 11 is 0. The van der Waals surface area contributed by atoms with Gasteiger partial charge in [0, 0.05) is 13.1 Å². The SMILES string of the molecule is C1C[NH2+]CCN1.[Cl-].[Cl-]. The quantitative estimate of drug-likeness (QED) is 0.360. The summed E-state index contributed by atoms with van der Waals surface area (Å²) in [5.41, 5.74) is 0. The number of halogens is 2. The van der Waals surface area contributed by atoms with E-state index in [0.717, 1.165) is 0 Å². The Bertz CT molecular complexity index is 27.5. The Balaban J connectivity index is 0. The van der Waals surface area contributed by atoms with Gasteiger partial charge in [0.1, 0.15) is 0 Å². The highest BCUT2D eigenvalue weighted by atomic mass is 35.5. The van der Waals surface area contributed by atoms with Crippen LogP contribution < -0.4 is 35.4 Å². The predicted octanol–water partition coefficient (Wildman–Crippen LogP) is -7.84. The van der Waals surface area contributed by atoms with Crippen molar-refractivity contribution in [1.82, 2.24) is 5.32 Å². The summed E-state index contributed by atoms with van der Waals surface area (Å²) in [6.45, 7) is 4.92. The molecule has 0 aromatic carbocycles. The summed E-state index contributed by atoms with van der Waals surface area (Å²) in [7, 11) is 0. The molecule has 0 unspecified atom stereocenters. The first-order chi connectivity index (χ1) is 3.00. The molecular weight excluding hydrogens is 147 g/mol. The Morgan fingerprint density at radius 2 is 1.50 bits per heavy atom. The van der Waals surface area contributed by atoms with Crippen molar-refractivity contribution in [1.29, 1.82) is 0 Å². The molecule has 0 atom stereocenters. The number of rotatable bonds is 0. The molecule has 1 saturated heterocycles. The van der Waals surface area contributed by atoms with Gasteiger partial charge in [0.25, 0.3) is 0 Å². The molecule has 0 bridgehead atoms. The molecule has 3 N–H and O–H groups in total. The lowest BCUT2D eigenvalue weighted by atomic mass is 10.4. The molecule has 1 aliphatic rings. The molecule has 0 aromatic heterocycles. The van der Waals surface area contributed by atoms with E-state index in [2.05, 4.69) is 10.6 Å². The summed E-state index contributed by atoms with van der Waals surface area (Å²) in [5, 5.41) is 5.58. The number of hydrogen-bond acceptors (Lipinski definition) is 1. The summed E-state index contributed by atoms with van der Waals surface area (Å²) in [6, 6.07) is 0. The van der Waals surface area contributed by atoms with Crippen LogP contribution in [0.1, 0.15) is 0 Å². The Kier molecular flexibility index (Phi) is 10.6. The molecule has 1 aliphatic heterocycles. The van der Waals surface area contributed by atoms with Crippen molar-refractivity contribution in [2.75, 3.05) is 26.2 Å². The van der Waals surface area contributed by atoms with E-state index in [-0.39, 0.29) is 24.8 Å². The van der Waals surface area contributed by atoms with Crippen LogP contribution >= 0.6 is 0 Å². The van der Waals surface area contributed by atoms with E-state index in [1.165, 1.54) is 26.2 Å². The Morgan fingerprint density at radius 3 is 1.62 bits per heavy atom. The van der Waals surface area contributed by atoms with Crippen LogP contribution in [0.15, 0.2) is 0 Å². The van der Waals surface area contributed by atoms with Crippen LogP contribution in [0.4, 0.5) is 0 Å². The zero-order valence-corrected chi connectivity index (χ0v) is 6.17. The largest absolute Gasteiger partial charge is 1.00 e. The lowest BCUT2D eigenvalue weighted by Crippen LogP contribution is -3.00. The van der Waals surface area contributed by atoms with Crippen molar-refractivity contribution < 1.29 is 30.1 Å². The van der Waals surface area contributed by atoms with Crippen LogP contribution in [-0.4, -0.2) is 26.2 Å². The molecule has 0 amide bonds. The van der Waals surface area contributed by atoms with Gasteiger partial charge in [-0.05, 0) is 0 Å². The number of hydrogen-bond donors (Lipinski definition) is 2. The zero-order valence-electron chi connectivity index (χ0n) is 4.66. The molecule has 0 aliphatic carbocycles. The molecule has 1 heterocycles. The van der Waals surface area contributed by atoms with Gasteiger partial charge in [-0.15, -0.1) is 0 Å². The Morgan fingerprint density at radius 1 is 1.00 bits per heavy atom. The van der Waals surface area contributed by atoms with Gasteiger partial charge in [-0.2, -0.15) is 0 Å².